The van der Waals surface area contributed by atoms with Crippen LogP contribution in [0.15, 0.2) is 42.5 Å². The Balaban J connectivity index is 2.01. The van der Waals surface area contributed by atoms with Gasteiger partial charge < -0.3 is 10.6 Å². The topological polar surface area (TPSA) is 41.1 Å². The molecule has 0 atom stereocenters. The number of hydrogen-bond donors (Lipinski definition) is 2. The van der Waals surface area contributed by atoms with Gasteiger partial charge in [0.15, 0.2) is 0 Å². The highest BCUT2D eigenvalue weighted by molar-refractivity contribution is 5.95. The number of hydrogen-bond acceptors (Lipinski definition) is 2. The summed E-state index contributed by atoms with van der Waals surface area (Å²) < 4.78 is 0. The molecule has 0 aliphatic heterocycles. The minimum Gasteiger partial charge on any atom is -0.325 e. The van der Waals surface area contributed by atoms with Crippen LogP contribution in [-0.4, -0.2) is 19.0 Å². The summed E-state index contributed by atoms with van der Waals surface area (Å²) in [5, 5.41) is 8.29. The minimum atomic E-state index is -0.00117. The van der Waals surface area contributed by atoms with Crippen molar-refractivity contribution in [2.24, 2.45) is 0 Å². The number of anilines is 1. The first-order chi connectivity index (χ1) is 8.79. The van der Waals surface area contributed by atoms with Crippen LogP contribution in [-0.2, 0) is 4.79 Å². The lowest BCUT2D eigenvalue weighted by atomic mass is 10.1. The first-order valence-electron chi connectivity index (χ1n) is 6.29. The fourth-order valence-corrected chi connectivity index (χ4v) is 1.85. The van der Waals surface area contributed by atoms with E-state index < -0.39 is 0 Å². The van der Waals surface area contributed by atoms with E-state index in [1.807, 2.05) is 36.4 Å². The molecule has 94 valence electrons. The normalized spacial score (nSPS) is 10.5. The molecule has 2 aromatic rings. The summed E-state index contributed by atoms with van der Waals surface area (Å²) >= 11 is 0. The summed E-state index contributed by atoms with van der Waals surface area (Å²) in [6, 6.07) is 14.0. The molecule has 0 saturated heterocycles. The van der Waals surface area contributed by atoms with Crippen LogP contribution in [0.2, 0.25) is 0 Å². The van der Waals surface area contributed by atoms with Crippen molar-refractivity contribution in [1.29, 1.82) is 0 Å². The molecule has 1 amide bonds. The monoisotopic (exact) mass is 242 g/mol. The van der Waals surface area contributed by atoms with E-state index in [9.17, 15) is 4.79 Å². The summed E-state index contributed by atoms with van der Waals surface area (Å²) in [6.07, 6.45) is 1.03. The van der Waals surface area contributed by atoms with Crippen molar-refractivity contribution in [2.75, 3.05) is 18.4 Å². The van der Waals surface area contributed by atoms with E-state index >= 15 is 0 Å². The Bertz CT molecular complexity index is 537. The third kappa shape index (κ3) is 3.31. The van der Waals surface area contributed by atoms with Gasteiger partial charge in [-0.3, -0.25) is 4.79 Å². The summed E-state index contributed by atoms with van der Waals surface area (Å²) in [5.41, 5.74) is 0.844. The Kier molecular flexibility index (Phi) is 4.31. The highest BCUT2D eigenvalue weighted by Gasteiger charge is 2.02. The predicted molar refractivity (Wildman–Crippen MR) is 75.7 cm³/mol. The number of nitrogens with one attached hydrogen (secondary N) is 2. The zero-order chi connectivity index (χ0) is 12.8. The summed E-state index contributed by atoms with van der Waals surface area (Å²) in [6.45, 7) is 3.31. The zero-order valence-electron chi connectivity index (χ0n) is 10.6. The third-order valence-electron chi connectivity index (χ3n) is 2.75. The highest BCUT2D eigenvalue weighted by atomic mass is 16.1. The van der Waals surface area contributed by atoms with Gasteiger partial charge in [-0.25, -0.2) is 0 Å². The van der Waals surface area contributed by atoms with Crippen molar-refractivity contribution < 1.29 is 4.79 Å². The van der Waals surface area contributed by atoms with Gasteiger partial charge >= 0.3 is 0 Å². The summed E-state index contributed by atoms with van der Waals surface area (Å²) in [4.78, 5) is 11.6. The molecular formula is C15H18N2O. The van der Waals surface area contributed by atoms with Crippen molar-refractivity contribution in [2.45, 2.75) is 13.3 Å². The highest BCUT2D eigenvalue weighted by Crippen LogP contribution is 2.18. The Morgan fingerprint density at radius 1 is 1.11 bits per heavy atom. The van der Waals surface area contributed by atoms with E-state index in [0.29, 0.717) is 6.54 Å². The molecular weight excluding hydrogens is 224 g/mol. The molecule has 0 spiro atoms. The van der Waals surface area contributed by atoms with Gasteiger partial charge in [-0.05, 0) is 35.9 Å². The molecule has 3 nitrogen and oxygen atoms in total. The number of benzene rings is 2. The second-order valence-corrected chi connectivity index (χ2v) is 4.29. The number of rotatable bonds is 5. The summed E-state index contributed by atoms with van der Waals surface area (Å²) in [5.74, 6) is -0.00117. The Morgan fingerprint density at radius 3 is 2.67 bits per heavy atom. The largest absolute Gasteiger partial charge is 0.325 e. The van der Waals surface area contributed by atoms with Gasteiger partial charge in [-0.15, -0.1) is 0 Å². The number of amides is 1. The molecule has 0 aliphatic rings. The fraction of sp³-hybridized carbons (Fsp3) is 0.267. The van der Waals surface area contributed by atoms with Gasteiger partial charge in [0.25, 0.3) is 0 Å². The fourth-order valence-electron chi connectivity index (χ4n) is 1.85. The third-order valence-corrected chi connectivity index (χ3v) is 2.75. The van der Waals surface area contributed by atoms with Gasteiger partial charge in [-0.2, -0.15) is 0 Å². The molecule has 0 aliphatic carbocycles. The Labute approximate surface area is 107 Å². The molecule has 0 bridgehead atoms. The average Bonchev–Trinajstić information content (AvgIpc) is 2.39. The molecule has 0 heterocycles. The maximum atomic E-state index is 11.6. The average molecular weight is 242 g/mol. The minimum absolute atomic E-state index is 0.00117. The van der Waals surface area contributed by atoms with Crippen molar-refractivity contribution in [3.63, 3.8) is 0 Å². The molecule has 0 aromatic heterocycles. The van der Waals surface area contributed by atoms with E-state index in [2.05, 4.69) is 23.6 Å². The van der Waals surface area contributed by atoms with Gasteiger partial charge in [-0.1, -0.05) is 37.3 Å². The maximum Gasteiger partial charge on any atom is 0.238 e. The smallest absolute Gasteiger partial charge is 0.238 e. The Morgan fingerprint density at radius 2 is 1.89 bits per heavy atom. The molecule has 18 heavy (non-hydrogen) atoms. The van der Waals surface area contributed by atoms with Crippen LogP contribution in [0, 0.1) is 0 Å². The van der Waals surface area contributed by atoms with Crippen LogP contribution >= 0.6 is 0 Å². The van der Waals surface area contributed by atoms with E-state index in [0.717, 1.165) is 24.0 Å². The molecule has 2 N–H and O–H groups in total. The number of carbonyl (C=O) groups is 1. The lowest BCUT2D eigenvalue weighted by molar-refractivity contribution is -0.115. The van der Waals surface area contributed by atoms with Gasteiger partial charge in [0.1, 0.15) is 0 Å². The number of fused-ring (bicyclic) bond motifs is 1. The van der Waals surface area contributed by atoms with Gasteiger partial charge in [0.05, 0.1) is 6.54 Å². The van der Waals surface area contributed by atoms with E-state index in [1.165, 1.54) is 5.39 Å². The van der Waals surface area contributed by atoms with Crippen LogP contribution in [0.5, 0.6) is 0 Å². The first kappa shape index (κ1) is 12.6. The van der Waals surface area contributed by atoms with Crippen LogP contribution in [0.1, 0.15) is 13.3 Å². The van der Waals surface area contributed by atoms with E-state index in [4.69, 9.17) is 0 Å². The lowest BCUT2D eigenvalue weighted by Gasteiger charge is -2.07. The van der Waals surface area contributed by atoms with Gasteiger partial charge in [0, 0.05) is 5.69 Å². The molecule has 2 aromatic carbocycles. The van der Waals surface area contributed by atoms with Crippen LogP contribution in [0.4, 0.5) is 5.69 Å². The maximum absolute atomic E-state index is 11.6. The molecule has 3 heteroatoms. The molecule has 0 radical (unpaired) electrons. The number of carbonyl (C=O) groups excluding carboxylic acids is 1. The molecule has 2 rings (SSSR count). The zero-order valence-corrected chi connectivity index (χ0v) is 10.6. The first-order valence-corrected chi connectivity index (χ1v) is 6.29. The van der Waals surface area contributed by atoms with Gasteiger partial charge in [0.2, 0.25) is 5.91 Å². The molecule has 0 saturated carbocycles. The van der Waals surface area contributed by atoms with Crippen molar-refractivity contribution in [3.8, 4) is 0 Å². The van der Waals surface area contributed by atoms with Crippen LogP contribution in [0.25, 0.3) is 10.8 Å². The molecule has 0 unspecified atom stereocenters. The lowest BCUT2D eigenvalue weighted by Crippen LogP contribution is -2.28. The Hall–Kier alpha value is -1.87. The van der Waals surface area contributed by atoms with E-state index in [1.54, 1.807) is 0 Å². The van der Waals surface area contributed by atoms with Crippen molar-refractivity contribution in [3.05, 3.63) is 42.5 Å². The second-order valence-electron chi connectivity index (χ2n) is 4.29. The summed E-state index contributed by atoms with van der Waals surface area (Å²) in [7, 11) is 0. The molecule has 0 fully saturated rings. The SMILES string of the molecule is CCCNCC(=O)Nc1ccc2ccccc2c1. The van der Waals surface area contributed by atoms with Crippen molar-refractivity contribution >= 4 is 22.4 Å². The predicted octanol–water partition coefficient (Wildman–Crippen LogP) is 2.78. The second kappa shape index (κ2) is 6.17. The quantitative estimate of drug-likeness (QED) is 0.792. The van der Waals surface area contributed by atoms with E-state index in [-0.39, 0.29) is 5.91 Å². The van der Waals surface area contributed by atoms with Crippen LogP contribution < -0.4 is 10.6 Å². The van der Waals surface area contributed by atoms with Crippen molar-refractivity contribution in [1.82, 2.24) is 5.32 Å². The van der Waals surface area contributed by atoms with Crippen LogP contribution in [0.3, 0.4) is 0 Å². The standard InChI is InChI=1S/C15H18N2O/c1-2-9-16-11-15(18)17-14-8-7-12-5-3-4-6-13(12)10-14/h3-8,10,16H,2,9,11H2,1H3,(H,17,18).